The highest BCUT2D eigenvalue weighted by molar-refractivity contribution is 6.34. The van der Waals surface area contributed by atoms with E-state index in [9.17, 15) is 9.59 Å². The van der Waals surface area contributed by atoms with Crippen molar-refractivity contribution in [3.8, 4) is 0 Å². The highest BCUT2D eigenvalue weighted by Gasteiger charge is 2.14. The molecule has 0 spiro atoms. The van der Waals surface area contributed by atoms with Gasteiger partial charge in [-0.2, -0.15) is 5.10 Å². The van der Waals surface area contributed by atoms with Gasteiger partial charge in [0, 0.05) is 41.8 Å². The molecule has 0 saturated carbocycles. The molecule has 0 radical (unpaired) electrons. The predicted octanol–water partition coefficient (Wildman–Crippen LogP) is 3.83. The fourth-order valence-corrected chi connectivity index (χ4v) is 4.38. The molecule has 0 aliphatic carbocycles. The van der Waals surface area contributed by atoms with Crippen molar-refractivity contribution < 1.29 is 4.79 Å². The highest BCUT2D eigenvalue weighted by atomic mass is 35.5. The van der Waals surface area contributed by atoms with Crippen LogP contribution in [-0.2, 0) is 37.4 Å². The van der Waals surface area contributed by atoms with E-state index < -0.39 is 0 Å². The SMILES string of the molecule is Cc1ccn(CCn2nc(Cl)c3ccccc32)c(=O)c1CC(=O)NCc1cc(Cl)ccc1CN. The number of pyridine rings is 1. The van der Waals surface area contributed by atoms with Crippen LogP contribution >= 0.6 is 23.2 Å². The quantitative estimate of drug-likeness (QED) is 0.386. The van der Waals surface area contributed by atoms with Gasteiger partial charge >= 0.3 is 0 Å². The molecule has 0 aliphatic rings. The van der Waals surface area contributed by atoms with Crippen molar-refractivity contribution in [2.24, 2.45) is 5.73 Å². The van der Waals surface area contributed by atoms with Gasteiger partial charge in [-0.1, -0.05) is 41.4 Å². The summed E-state index contributed by atoms with van der Waals surface area (Å²) in [6.07, 6.45) is 1.73. The molecule has 4 rings (SSSR count). The Bertz CT molecular complexity index is 1410. The van der Waals surface area contributed by atoms with E-state index >= 15 is 0 Å². The Kier molecular flexibility index (Phi) is 7.36. The van der Waals surface area contributed by atoms with Gasteiger partial charge in [-0.25, -0.2) is 0 Å². The number of aryl methyl sites for hydroxylation is 3. The van der Waals surface area contributed by atoms with E-state index in [1.165, 1.54) is 0 Å². The molecule has 2 aromatic heterocycles. The summed E-state index contributed by atoms with van der Waals surface area (Å²) in [4.78, 5) is 25.8. The molecule has 9 heteroatoms. The summed E-state index contributed by atoms with van der Waals surface area (Å²) >= 11 is 12.3. The fraction of sp³-hybridized carbons (Fsp3) is 0.240. The molecular formula is C25H25Cl2N5O2. The summed E-state index contributed by atoms with van der Waals surface area (Å²) in [5, 5.41) is 9.14. The molecular weight excluding hydrogens is 473 g/mol. The number of fused-ring (bicyclic) bond motifs is 1. The lowest BCUT2D eigenvalue weighted by Gasteiger charge is -2.13. The van der Waals surface area contributed by atoms with Gasteiger partial charge in [0.05, 0.1) is 18.5 Å². The molecule has 0 atom stereocenters. The molecule has 0 aliphatic heterocycles. The van der Waals surface area contributed by atoms with Gasteiger partial charge in [-0.15, -0.1) is 0 Å². The van der Waals surface area contributed by atoms with Crippen LogP contribution in [0.25, 0.3) is 10.9 Å². The van der Waals surface area contributed by atoms with Crippen molar-refractivity contribution in [1.82, 2.24) is 19.7 Å². The topological polar surface area (TPSA) is 94.9 Å². The number of nitrogens with one attached hydrogen (secondary N) is 1. The van der Waals surface area contributed by atoms with E-state index in [4.69, 9.17) is 28.9 Å². The number of nitrogens with two attached hydrogens (primary N) is 1. The molecule has 4 aromatic rings. The number of amides is 1. The van der Waals surface area contributed by atoms with E-state index in [0.717, 1.165) is 27.6 Å². The van der Waals surface area contributed by atoms with E-state index in [0.29, 0.717) is 41.9 Å². The van der Waals surface area contributed by atoms with Crippen LogP contribution in [0, 0.1) is 6.92 Å². The fourth-order valence-electron chi connectivity index (χ4n) is 3.94. The summed E-state index contributed by atoms with van der Waals surface area (Å²) in [6.45, 7) is 3.34. The van der Waals surface area contributed by atoms with Crippen molar-refractivity contribution in [1.29, 1.82) is 0 Å². The number of nitrogens with zero attached hydrogens (tertiary/aromatic N) is 3. The van der Waals surface area contributed by atoms with E-state index in [1.54, 1.807) is 27.6 Å². The Labute approximate surface area is 207 Å². The van der Waals surface area contributed by atoms with E-state index in [-0.39, 0.29) is 17.9 Å². The molecule has 34 heavy (non-hydrogen) atoms. The lowest BCUT2D eigenvalue weighted by atomic mass is 10.1. The monoisotopic (exact) mass is 497 g/mol. The van der Waals surface area contributed by atoms with Gasteiger partial charge in [0.15, 0.2) is 5.15 Å². The number of aromatic nitrogens is 3. The van der Waals surface area contributed by atoms with Crippen LogP contribution in [-0.4, -0.2) is 20.3 Å². The second kappa shape index (κ2) is 10.4. The molecule has 0 bridgehead atoms. The van der Waals surface area contributed by atoms with Gasteiger partial charge in [-0.05, 0) is 53.9 Å². The van der Waals surface area contributed by atoms with Crippen LogP contribution in [0.3, 0.4) is 0 Å². The van der Waals surface area contributed by atoms with Crippen LogP contribution in [0.5, 0.6) is 0 Å². The van der Waals surface area contributed by atoms with Crippen LogP contribution in [0.1, 0.15) is 22.3 Å². The van der Waals surface area contributed by atoms with Crippen LogP contribution in [0.15, 0.2) is 59.5 Å². The van der Waals surface area contributed by atoms with E-state index in [2.05, 4.69) is 10.4 Å². The maximum atomic E-state index is 13.1. The van der Waals surface area contributed by atoms with Gasteiger partial charge < -0.3 is 15.6 Å². The highest BCUT2D eigenvalue weighted by Crippen LogP contribution is 2.22. The van der Waals surface area contributed by atoms with E-state index in [1.807, 2.05) is 43.3 Å². The Morgan fingerprint density at radius 2 is 1.88 bits per heavy atom. The summed E-state index contributed by atoms with van der Waals surface area (Å²) in [6, 6.07) is 14.9. The molecule has 0 unspecified atom stereocenters. The maximum Gasteiger partial charge on any atom is 0.254 e. The van der Waals surface area contributed by atoms with Gasteiger partial charge in [0.2, 0.25) is 5.91 Å². The number of carbonyl (C=O) groups is 1. The average Bonchev–Trinajstić information content (AvgIpc) is 3.15. The summed E-state index contributed by atoms with van der Waals surface area (Å²) in [5.41, 5.74) is 9.50. The molecule has 0 fully saturated rings. The standard InChI is InChI=1S/C25H25Cl2N5O2/c1-16-8-9-31(10-11-32-22-5-3-2-4-20(22)24(27)30-32)25(34)21(16)13-23(33)29-15-18-12-19(26)7-6-17(18)14-28/h2-9,12H,10-11,13-15,28H2,1H3,(H,29,33). The van der Waals surface area contributed by atoms with Crippen LogP contribution < -0.4 is 16.6 Å². The Morgan fingerprint density at radius 1 is 1.09 bits per heavy atom. The predicted molar refractivity (Wildman–Crippen MR) is 135 cm³/mol. The molecule has 3 N–H and O–H groups in total. The molecule has 1 amide bonds. The van der Waals surface area contributed by atoms with Crippen molar-refractivity contribution >= 4 is 40.0 Å². The third-order valence-corrected chi connectivity index (χ3v) is 6.38. The molecule has 2 heterocycles. The van der Waals surface area contributed by atoms with Crippen molar-refractivity contribution in [3.05, 3.63) is 97.5 Å². The number of hydrogen-bond donors (Lipinski definition) is 2. The smallest absolute Gasteiger partial charge is 0.254 e. The van der Waals surface area contributed by atoms with Crippen LogP contribution in [0.2, 0.25) is 10.2 Å². The first-order chi connectivity index (χ1) is 16.4. The third-order valence-electron chi connectivity index (χ3n) is 5.87. The lowest BCUT2D eigenvalue weighted by molar-refractivity contribution is -0.120. The average molecular weight is 498 g/mol. The minimum absolute atomic E-state index is 0.0133. The van der Waals surface area contributed by atoms with Crippen molar-refractivity contribution in [2.75, 3.05) is 0 Å². The number of hydrogen-bond acceptors (Lipinski definition) is 4. The van der Waals surface area contributed by atoms with Gasteiger partial charge in [0.25, 0.3) is 5.56 Å². The summed E-state index contributed by atoms with van der Waals surface area (Å²) in [7, 11) is 0. The number of rotatable bonds is 8. The molecule has 7 nitrogen and oxygen atoms in total. The Morgan fingerprint density at radius 3 is 2.68 bits per heavy atom. The summed E-state index contributed by atoms with van der Waals surface area (Å²) < 4.78 is 3.39. The number of para-hydroxylation sites is 1. The van der Waals surface area contributed by atoms with Crippen LogP contribution in [0.4, 0.5) is 0 Å². The second-order valence-electron chi connectivity index (χ2n) is 8.08. The van der Waals surface area contributed by atoms with Gasteiger partial charge in [-0.3, -0.25) is 14.3 Å². The maximum absolute atomic E-state index is 13.1. The van der Waals surface area contributed by atoms with Crippen molar-refractivity contribution in [2.45, 2.75) is 39.5 Å². The van der Waals surface area contributed by atoms with Crippen molar-refractivity contribution in [3.63, 3.8) is 0 Å². The minimum atomic E-state index is -0.245. The Balaban J connectivity index is 1.46. The number of benzene rings is 2. The molecule has 176 valence electrons. The third kappa shape index (κ3) is 5.17. The largest absolute Gasteiger partial charge is 0.352 e. The Hall–Kier alpha value is -3.13. The first-order valence-electron chi connectivity index (χ1n) is 10.9. The molecule has 0 saturated heterocycles. The second-order valence-corrected chi connectivity index (χ2v) is 8.87. The minimum Gasteiger partial charge on any atom is -0.352 e. The first-order valence-corrected chi connectivity index (χ1v) is 11.7. The zero-order valence-electron chi connectivity index (χ0n) is 18.7. The molecule has 2 aromatic carbocycles. The lowest BCUT2D eigenvalue weighted by Crippen LogP contribution is -2.31. The first kappa shape index (κ1) is 24.0. The normalized spacial score (nSPS) is 11.2. The summed E-state index contributed by atoms with van der Waals surface area (Å²) in [5.74, 6) is -0.245. The van der Waals surface area contributed by atoms with Gasteiger partial charge in [0.1, 0.15) is 0 Å². The zero-order chi connectivity index (χ0) is 24.2. The number of carbonyl (C=O) groups excluding carboxylic acids is 1. The zero-order valence-corrected chi connectivity index (χ0v) is 20.2. The number of halogens is 2.